The van der Waals surface area contributed by atoms with E-state index in [9.17, 15) is 0 Å². The molecule has 0 unspecified atom stereocenters. The number of benzene rings is 7. The molecule has 7 aromatic carbocycles. The minimum atomic E-state index is 0.879. The van der Waals surface area contributed by atoms with E-state index in [2.05, 4.69) is 150 Å². The van der Waals surface area contributed by atoms with Crippen LogP contribution in [0.25, 0.3) is 114 Å². The van der Waals surface area contributed by atoms with E-state index < -0.39 is 0 Å². The smallest absolute Gasteiger partial charge is 0.138 e. The van der Waals surface area contributed by atoms with E-state index in [0.717, 1.165) is 28.1 Å². The number of pyridine rings is 2. The van der Waals surface area contributed by atoms with Crippen molar-refractivity contribution >= 4 is 85.9 Å². The zero-order chi connectivity index (χ0) is 32.5. The molecule has 11 aromatic rings. The standard InChI is InChI=1S/C46H25N3S/c1-2-11-26(12-3-1)35-21-22-37-36(47-35)23-24-39(48-37)49-44-28-14-5-4-13-27(28)25-34-30-16-7-6-15-29(30)31-18-10-19-33-40(31)43(42(34)44)45(49)46-41(33)32-17-8-9-20-38(32)50-46/h1-25H. The molecule has 1 aliphatic carbocycles. The first kappa shape index (κ1) is 26.6. The van der Waals surface area contributed by atoms with Crippen LogP contribution in [0.15, 0.2) is 152 Å². The zero-order valence-corrected chi connectivity index (χ0v) is 27.5. The lowest BCUT2D eigenvalue weighted by atomic mass is 9.91. The molecule has 0 saturated carbocycles. The molecule has 0 atom stereocenters. The van der Waals surface area contributed by atoms with Gasteiger partial charge in [-0.05, 0) is 69.4 Å². The molecule has 12 rings (SSSR count). The fourth-order valence-electron chi connectivity index (χ4n) is 8.64. The fourth-order valence-corrected chi connectivity index (χ4v) is 9.89. The van der Waals surface area contributed by atoms with E-state index in [0.29, 0.717) is 0 Å². The van der Waals surface area contributed by atoms with Crippen LogP contribution in [0, 0.1) is 0 Å². The zero-order valence-electron chi connectivity index (χ0n) is 26.7. The van der Waals surface area contributed by atoms with Crippen LogP contribution in [0.4, 0.5) is 0 Å². The van der Waals surface area contributed by atoms with Gasteiger partial charge >= 0.3 is 0 Å². The molecule has 0 fully saturated rings. The molecule has 0 saturated heterocycles. The minimum absolute atomic E-state index is 0.879. The second kappa shape index (κ2) is 9.63. The van der Waals surface area contributed by atoms with Gasteiger partial charge in [0.1, 0.15) is 5.82 Å². The number of fused-ring (bicyclic) bond motifs is 11. The molecular formula is C46H25N3S. The summed E-state index contributed by atoms with van der Waals surface area (Å²) in [6, 6.07) is 54.9. The monoisotopic (exact) mass is 651 g/mol. The summed E-state index contributed by atoms with van der Waals surface area (Å²) in [6.45, 7) is 0. The molecule has 4 heteroatoms. The maximum atomic E-state index is 5.42. The summed E-state index contributed by atoms with van der Waals surface area (Å²) in [5.41, 5.74) is 11.3. The van der Waals surface area contributed by atoms with Crippen LogP contribution >= 0.6 is 11.3 Å². The lowest BCUT2D eigenvalue weighted by Gasteiger charge is -2.16. The Balaban J connectivity index is 1.33. The van der Waals surface area contributed by atoms with Crippen molar-refractivity contribution in [3.8, 4) is 39.3 Å². The number of nitrogens with zero attached hydrogens (tertiary/aromatic N) is 3. The summed E-state index contributed by atoms with van der Waals surface area (Å²) < 4.78 is 5.07. The van der Waals surface area contributed by atoms with Gasteiger partial charge in [-0.15, -0.1) is 11.3 Å². The maximum Gasteiger partial charge on any atom is 0.138 e. The van der Waals surface area contributed by atoms with Crippen molar-refractivity contribution < 1.29 is 0 Å². The van der Waals surface area contributed by atoms with E-state index in [-0.39, 0.29) is 0 Å². The Morgan fingerprint density at radius 1 is 0.440 bits per heavy atom. The molecule has 0 bridgehead atoms. The third-order valence-electron chi connectivity index (χ3n) is 10.7. The molecule has 50 heavy (non-hydrogen) atoms. The van der Waals surface area contributed by atoms with Crippen molar-refractivity contribution in [1.29, 1.82) is 0 Å². The normalized spacial score (nSPS) is 12.4. The Hall–Kier alpha value is -6.36. The van der Waals surface area contributed by atoms with Crippen molar-refractivity contribution in [2.75, 3.05) is 0 Å². The average Bonchev–Trinajstić information content (AvgIpc) is 3.71. The topological polar surface area (TPSA) is 30.7 Å². The van der Waals surface area contributed by atoms with Crippen LogP contribution in [0.2, 0.25) is 0 Å². The molecule has 4 aromatic heterocycles. The number of rotatable bonds is 2. The predicted molar refractivity (Wildman–Crippen MR) is 212 cm³/mol. The van der Waals surface area contributed by atoms with Gasteiger partial charge in [0, 0.05) is 42.6 Å². The summed E-state index contributed by atoms with van der Waals surface area (Å²) in [5.74, 6) is 0.901. The SMILES string of the molecule is c1ccc(-c2ccc3nc(-n4c5c6ccccc6cc6c5c5c7c(cccc7c7c8ccccc8sc7c54)-c4ccccc4-6)ccc3n2)cc1. The van der Waals surface area contributed by atoms with Crippen molar-refractivity contribution in [2.45, 2.75) is 0 Å². The largest absolute Gasteiger partial charge is 0.292 e. The van der Waals surface area contributed by atoms with Crippen LogP contribution in [0.1, 0.15) is 0 Å². The molecule has 0 amide bonds. The first-order valence-corrected chi connectivity index (χ1v) is 17.8. The molecular weight excluding hydrogens is 627 g/mol. The highest BCUT2D eigenvalue weighted by Gasteiger charge is 2.29. The molecule has 0 N–H and O–H groups in total. The van der Waals surface area contributed by atoms with Crippen molar-refractivity contribution in [3.05, 3.63) is 152 Å². The van der Waals surface area contributed by atoms with Gasteiger partial charge in [-0.1, -0.05) is 115 Å². The number of hydrogen-bond donors (Lipinski definition) is 0. The third kappa shape index (κ3) is 3.38. The maximum absolute atomic E-state index is 5.42. The van der Waals surface area contributed by atoms with E-state index in [1.165, 1.54) is 85.8 Å². The Kier molecular flexibility index (Phi) is 5.12. The molecule has 0 spiro atoms. The van der Waals surface area contributed by atoms with Gasteiger partial charge in [-0.25, -0.2) is 9.97 Å². The molecule has 0 radical (unpaired) electrons. The Bertz CT molecular complexity index is 3260. The van der Waals surface area contributed by atoms with Gasteiger partial charge in [-0.2, -0.15) is 0 Å². The highest BCUT2D eigenvalue weighted by Crippen LogP contribution is 2.55. The van der Waals surface area contributed by atoms with Gasteiger partial charge in [0.25, 0.3) is 0 Å². The highest BCUT2D eigenvalue weighted by molar-refractivity contribution is 7.27. The Labute approximate surface area is 290 Å². The van der Waals surface area contributed by atoms with Crippen molar-refractivity contribution in [1.82, 2.24) is 14.5 Å². The quantitative estimate of drug-likeness (QED) is 0.186. The van der Waals surface area contributed by atoms with E-state index in [1.807, 2.05) is 17.4 Å². The van der Waals surface area contributed by atoms with Gasteiger partial charge in [0.05, 0.1) is 32.5 Å². The molecule has 230 valence electrons. The second-order valence-electron chi connectivity index (χ2n) is 13.3. The lowest BCUT2D eigenvalue weighted by molar-refractivity contribution is 1.11. The van der Waals surface area contributed by atoms with Gasteiger partial charge in [0.15, 0.2) is 0 Å². The number of thiophene rings is 1. The van der Waals surface area contributed by atoms with E-state index in [4.69, 9.17) is 9.97 Å². The number of aromatic nitrogens is 3. The van der Waals surface area contributed by atoms with Crippen LogP contribution in [-0.2, 0) is 0 Å². The Morgan fingerprint density at radius 2 is 1.14 bits per heavy atom. The van der Waals surface area contributed by atoms with Gasteiger partial charge in [-0.3, -0.25) is 4.57 Å². The second-order valence-corrected chi connectivity index (χ2v) is 14.3. The van der Waals surface area contributed by atoms with Crippen molar-refractivity contribution in [2.24, 2.45) is 0 Å². The first-order valence-electron chi connectivity index (χ1n) is 17.0. The summed E-state index contributed by atoms with van der Waals surface area (Å²) in [6.07, 6.45) is 0. The summed E-state index contributed by atoms with van der Waals surface area (Å²) in [5, 5.41) is 10.3. The van der Waals surface area contributed by atoms with Crippen molar-refractivity contribution in [3.63, 3.8) is 0 Å². The average molecular weight is 652 g/mol. The minimum Gasteiger partial charge on any atom is -0.292 e. The van der Waals surface area contributed by atoms with Gasteiger partial charge < -0.3 is 0 Å². The molecule has 3 nitrogen and oxygen atoms in total. The number of hydrogen-bond acceptors (Lipinski definition) is 3. The third-order valence-corrected chi connectivity index (χ3v) is 11.9. The summed E-state index contributed by atoms with van der Waals surface area (Å²) in [4.78, 5) is 10.5. The van der Waals surface area contributed by atoms with Crippen LogP contribution < -0.4 is 0 Å². The van der Waals surface area contributed by atoms with Crippen LogP contribution in [-0.4, -0.2) is 14.5 Å². The van der Waals surface area contributed by atoms with E-state index in [1.54, 1.807) is 0 Å². The van der Waals surface area contributed by atoms with Gasteiger partial charge in [0.2, 0.25) is 0 Å². The van der Waals surface area contributed by atoms with Crippen LogP contribution in [0.3, 0.4) is 0 Å². The Morgan fingerprint density at radius 3 is 2.04 bits per heavy atom. The van der Waals surface area contributed by atoms with Crippen LogP contribution in [0.5, 0.6) is 0 Å². The predicted octanol–water partition coefficient (Wildman–Crippen LogP) is 12.7. The first-order chi connectivity index (χ1) is 24.8. The summed E-state index contributed by atoms with van der Waals surface area (Å²) in [7, 11) is 0. The summed E-state index contributed by atoms with van der Waals surface area (Å²) >= 11 is 1.89. The lowest BCUT2D eigenvalue weighted by Crippen LogP contribution is -2.00. The molecule has 0 aliphatic heterocycles. The highest BCUT2D eigenvalue weighted by atomic mass is 32.1. The molecule has 1 aliphatic rings. The molecule has 4 heterocycles. The fraction of sp³-hybridized carbons (Fsp3) is 0. The van der Waals surface area contributed by atoms with E-state index >= 15 is 0 Å².